The fraction of sp³-hybridized carbons (Fsp3) is 0.476. The van der Waals surface area contributed by atoms with Gasteiger partial charge in [-0.3, -0.25) is 0 Å². The van der Waals surface area contributed by atoms with Gasteiger partial charge in [0.1, 0.15) is 12.4 Å². The van der Waals surface area contributed by atoms with Gasteiger partial charge in [0.05, 0.1) is 17.5 Å². The Balaban J connectivity index is 1.55. The normalized spacial score (nSPS) is 24.1. The van der Waals surface area contributed by atoms with E-state index in [2.05, 4.69) is 4.98 Å². The van der Waals surface area contributed by atoms with E-state index in [0.717, 1.165) is 11.1 Å². The molecule has 33 heavy (non-hydrogen) atoms. The molecule has 9 nitrogen and oxygen atoms in total. The molecule has 0 spiro atoms. The van der Waals surface area contributed by atoms with Gasteiger partial charge in [0.2, 0.25) is 5.88 Å². The molecular formula is C21H27FN4O5S2. The van der Waals surface area contributed by atoms with Crippen LogP contribution in [0.1, 0.15) is 23.5 Å². The van der Waals surface area contributed by atoms with Crippen LogP contribution in [0.25, 0.3) is 0 Å². The molecule has 0 saturated carbocycles. The topological polar surface area (TPSA) is 123 Å². The molecule has 2 aliphatic rings. The quantitative estimate of drug-likeness (QED) is 0.601. The van der Waals surface area contributed by atoms with E-state index in [1.807, 2.05) is 0 Å². The number of hydrogen-bond acceptors (Lipinski definition) is 7. The highest BCUT2D eigenvalue weighted by Crippen LogP contribution is 2.35. The van der Waals surface area contributed by atoms with Gasteiger partial charge in [-0.15, -0.1) is 0 Å². The maximum atomic E-state index is 13.5. The molecule has 0 radical (unpaired) electrons. The molecule has 2 N–H and O–H groups in total. The summed E-state index contributed by atoms with van der Waals surface area (Å²) in [6.07, 6.45) is 2.06. The van der Waals surface area contributed by atoms with Gasteiger partial charge in [0, 0.05) is 38.4 Å². The molecule has 2 aliphatic heterocycles. The second-order valence-electron chi connectivity index (χ2n) is 8.28. The zero-order valence-electron chi connectivity index (χ0n) is 18.0. The Hall–Kier alpha value is -2.12. The predicted octanol–water partition coefficient (Wildman–Crippen LogP) is 0.892. The van der Waals surface area contributed by atoms with E-state index in [4.69, 9.17) is 10.5 Å². The fourth-order valence-corrected chi connectivity index (χ4v) is 7.47. The van der Waals surface area contributed by atoms with E-state index >= 15 is 0 Å². The number of rotatable bonds is 7. The number of ether oxygens (including phenoxy) is 1. The SMILES string of the molecule is NCc1ccnc(OCC2CC(c3ccc(F)cc3)CN2S(=O)(=O)N2CCS(=O)(=O)CC2)c1. The zero-order valence-corrected chi connectivity index (χ0v) is 19.6. The number of nitrogens with two attached hydrogens (primary N) is 1. The Bertz CT molecular complexity index is 1180. The van der Waals surface area contributed by atoms with Crippen molar-refractivity contribution in [2.75, 3.05) is 37.7 Å². The molecule has 12 heteroatoms. The van der Waals surface area contributed by atoms with Crippen LogP contribution in [0.4, 0.5) is 4.39 Å². The van der Waals surface area contributed by atoms with E-state index in [-0.39, 0.29) is 49.5 Å². The van der Waals surface area contributed by atoms with Crippen molar-refractivity contribution in [2.24, 2.45) is 5.73 Å². The summed E-state index contributed by atoms with van der Waals surface area (Å²) in [4.78, 5) is 4.16. The van der Waals surface area contributed by atoms with Crippen molar-refractivity contribution >= 4 is 20.0 Å². The summed E-state index contributed by atoms with van der Waals surface area (Å²) in [7, 11) is -7.15. The lowest BCUT2D eigenvalue weighted by atomic mass is 9.96. The Kier molecular flexibility index (Phi) is 7.01. The molecule has 1 aromatic carbocycles. The van der Waals surface area contributed by atoms with Gasteiger partial charge in [0.25, 0.3) is 10.2 Å². The Labute approximate surface area is 193 Å². The van der Waals surface area contributed by atoms with Crippen molar-refractivity contribution in [3.8, 4) is 5.88 Å². The molecule has 2 fully saturated rings. The average Bonchev–Trinajstić information content (AvgIpc) is 3.23. The van der Waals surface area contributed by atoms with Crippen molar-refractivity contribution < 1.29 is 26.0 Å². The number of aromatic nitrogens is 1. The molecule has 180 valence electrons. The van der Waals surface area contributed by atoms with Crippen molar-refractivity contribution in [2.45, 2.75) is 24.9 Å². The summed E-state index contributed by atoms with van der Waals surface area (Å²) in [6.45, 7) is 0.449. The summed E-state index contributed by atoms with van der Waals surface area (Å²) in [5.74, 6) is -0.548. The molecule has 0 bridgehead atoms. The molecule has 2 aromatic rings. The minimum absolute atomic E-state index is 0.0734. The molecular weight excluding hydrogens is 471 g/mol. The van der Waals surface area contributed by atoms with Gasteiger partial charge < -0.3 is 10.5 Å². The minimum Gasteiger partial charge on any atom is -0.476 e. The number of halogens is 1. The van der Waals surface area contributed by atoms with Crippen LogP contribution in [0, 0.1) is 5.82 Å². The number of pyridine rings is 1. The maximum absolute atomic E-state index is 13.5. The van der Waals surface area contributed by atoms with E-state index < -0.39 is 26.1 Å². The van der Waals surface area contributed by atoms with Gasteiger partial charge in [-0.05, 0) is 41.7 Å². The van der Waals surface area contributed by atoms with Crippen LogP contribution in [0.3, 0.4) is 0 Å². The smallest absolute Gasteiger partial charge is 0.282 e. The summed E-state index contributed by atoms with van der Waals surface area (Å²) >= 11 is 0. The zero-order chi connectivity index (χ0) is 23.6. The Morgan fingerprint density at radius 2 is 1.85 bits per heavy atom. The van der Waals surface area contributed by atoms with Gasteiger partial charge in [-0.2, -0.15) is 17.0 Å². The average molecular weight is 499 g/mol. The first-order chi connectivity index (χ1) is 15.7. The third kappa shape index (κ3) is 5.52. The van der Waals surface area contributed by atoms with Crippen LogP contribution in [-0.2, 0) is 26.6 Å². The number of sulfone groups is 1. The first-order valence-corrected chi connectivity index (χ1v) is 13.9. The Morgan fingerprint density at radius 1 is 1.15 bits per heavy atom. The van der Waals surface area contributed by atoms with Gasteiger partial charge in [-0.1, -0.05) is 12.1 Å². The van der Waals surface area contributed by atoms with Crippen LogP contribution in [0.15, 0.2) is 42.6 Å². The monoisotopic (exact) mass is 498 g/mol. The van der Waals surface area contributed by atoms with Gasteiger partial charge in [0.15, 0.2) is 9.84 Å². The molecule has 0 amide bonds. The number of hydrogen-bond donors (Lipinski definition) is 1. The lowest BCUT2D eigenvalue weighted by molar-refractivity contribution is 0.218. The largest absolute Gasteiger partial charge is 0.476 e. The lowest BCUT2D eigenvalue weighted by Gasteiger charge is -2.32. The van der Waals surface area contributed by atoms with Crippen LogP contribution < -0.4 is 10.5 Å². The molecule has 2 saturated heterocycles. The highest BCUT2D eigenvalue weighted by Gasteiger charge is 2.44. The van der Waals surface area contributed by atoms with Crippen LogP contribution >= 0.6 is 0 Å². The highest BCUT2D eigenvalue weighted by atomic mass is 32.2. The highest BCUT2D eigenvalue weighted by molar-refractivity contribution is 7.91. The van der Waals surface area contributed by atoms with Crippen molar-refractivity contribution in [1.82, 2.24) is 13.6 Å². The molecule has 2 atom stereocenters. The first-order valence-electron chi connectivity index (χ1n) is 10.7. The Morgan fingerprint density at radius 3 is 2.52 bits per heavy atom. The first kappa shape index (κ1) is 24.0. The van der Waals surface area contributed by atoms with Crippen LogP contribution in [0.2, 0.25) is 0 Å². The molecule has 1 aromatic heterocycles. The standard InChI is InChI=1S/C21H27FN4O5S2/c22-19-3-1-17(2-4-19)18-12-20(15-31-21-11-16(13-23)5-6-24-21)26(14-18)33(29,30)25-7-9-32(27,28)10-8-25/h1-6,11,18,20H,7-10,12-15,23H2. The van der Waals surface area contributed by atoms with Crippen molar-refractivity contribution in [1.29, 1.82) is 0 Å². The van der Waals surface area contributed by atoms with E-state index in [1.165, 1.54) is 20.7 Å². The predicted molar refractivity (Wildman–Crippen MR) is 121 cm³/mol. The lowest BCUT2D eigenvalue weighted by Crippen LogP contribution is -2.52. The van der Waals surface area contributed by atoms with Crippen LogP contribution in [0.5, 0.6) is 5.88 Å². The fourth-order valence-electron chi connectivity index (χ4n) is 4.21. The summed E-state index contributed by atoms with van der Waals surface area (Å²) in [5.41, 5.74) is 7.34. The second-order valence-corrected chi connectivity index (χ2v) is 12.5. The third-order valence-corrected chi connectivity index (χ3v) is 9.76. The van der Waals surface area contributed by atoms with E-state index in [9.17, 15) is 21.2 Å². The summed E-state index contributed by atoms with van der Waals surface area (Å²) in [5, 5.41) is 0. The number of benzene rings is 1. The van der Waals surface area contributed by atoms with Crippen LogP contribution in [-0.4, -0.2) is 74.2 Å². The van der Waals surface area contributed by atoms with Crippen molar-refractivity contribution in [3.63, 3.8) is 0 Å². The van der Waals surface area contributed by atoms with Crippen molar-refractivity contribution in [3.05, 3.63) is 59.5 Å². The van der Waals surface area contributed by atoms with E-state index in [1.54, 1.807) is 30.5 Å². The maximum Gasteiger partial charge on any atom is 0.282 e. The third-order valence-electron chi connectivity index (χ3n) is 6.09. The number of nitrogens with zero attached hydrogens (tertiary/aromatic N) is 3. The molecule has 4 rings (SSSR count). The molecule has 0 aliphatic carbocycles. The summed E-state index contributed by atoms with van der Waals surface area (Å²) in [6, 6.07) is 9.02. The molecule has 3 heterocycles. The molecule has 2 unspecified atom stereocenters. The van der Waals surface area contributed by atoms with E-state index in [0.29, 0.717) is 18.8 Å². The van der Waals surface area contributed by atoms with Gasteiger partial charge in [-0.25, -0.2) is 17.8 Å². The summed E-state index contributed by atoms with van der Waals surface area (Å²) < 4.78 is 72.3. The second kappa shape index (κ2) is 9.63. The van der Waals surface area contributed by atoms with Gasteiger partial charge >= 0.3 is 0 Å². The minimum atomic E-state index is -3.92.